The number of fused-ring (bicyclic) bond motifs is 1. The highest BCUT2D eigenvalue weighted by Gasteiger charge is 2.52. The maximum absolute atomic E-state index is 10.2. The van der Waals surface area contributed by atoms with Crippen molar-refractivity contribution in [2.24, 2.45) is 16.7 Å². The van der Waals surface area contributed by atoms with Crippen molar-refractivity contribution in [3.05, 3.63) is 0 Å². The van der Waals surface area contributed by atoms with E-state index in [1.54, 1.807) is 0 Å². The van der Waals surface area contributed by atoms with Crippen LogP contribution in [0.3, 0.4) is 0 Å². The Morgan fingerprint density at radius 3 is 2.47 bits per heavy atom. The monoisotopic (exact) mass is 212 g/mol. The zero-order valence-corrected chi connectivity index (χ0v) is 10.00. The molecule has 0 aromatic carbocycles. The molecule has 2 heteroatoms. The van der Waals surface area contributed by atoms with Crippen LogP contribution < -0.4 is 0 Å². The number of hydrogen-bond acceptors (Lipinski definition) is 2. The highest BCUT2D eigenvalue weighted by atomic mass is 16.3. The molecule has 15 heavy (non-hydrogen) atoms. The summed E-state index contributed by atoms with van der Waals surface area (Å²) in [5.74, 6) is 0.303. The van der Waals surface area contributed by atoms with Gasteiger partial charge in [-0.05, 0) is 42.4 Å². The average Bonchev–Trinajstić information content (AvgIpc) is 2.17. The Bertz CT molecular complexity index is 225. The lowest BCUT2D eigenvalue weighted by Gasteiger charge is -2.56. The van der Waals surface area contributed by atoms with E-state index in [-0.39, 0.29) is 23.5 Å². The molecular formula is C13H24O2. The van der Waals surface area contributed by atoms with Crippen LogP contribution in [0.4, 0.5) is 0 Å². The summed E-state index contributed by atoms with van der Waals surface area (Å²) in [6, 6.07) is 0. The molecule has 0 amide bonds. The molecule has 0 aromatic heterocycles. The second-order valence-electron chi connectivity index (χ2n) is 6.26. The fraction of sp³-hybridized carbons (Fsp3) is 1.00. The Kier molecular flexibility index (Phi) is 2.85. The minimum absolute atomic E-state index is 0.0488. The molecule has 0 saturated heterocycles. The van der Waals surface area contributed by atoms with Gasteiger partial charge in [-0.15, -0.1) is 0 Å². The molecule has 2 nitrogen and oxygen atoms in total. The third-order valence-electron chi connectivity index (χ3n) is 4.99. The smallest absolute Gasteiger partial charge is 0.0579 e. The van der Waals surface area contributed by atoms with E-state index in [4.69, 9.17) is 0 Å². The van der Waals surface area contributed by atoms with Crippen molar-refractivity contribution in [2.75, 3.05) is 6.61 Å². The zero-order chi connectivity index (χ0) is 11.1. The van der Waals surface area contributed by atoms with Gasteiger partial charge in [-0.2, -0.15) is 0 Å². The summed E-state index contributed by atoms with van der Waals surface area (Å²) in [5.41, 5.74) is 0.222. The van der Waals surface area contributed by atoms with Crippen LogP contribution in [0, 0.1) is 16.7 Å². The SMILES string of the molecule is C[C@@]12CCC[C@@H](O)[C@H]1[C@@](C)(CO)CCC2. The van der Waals surface area contributed by atoms with Crippen molar-refractivity contribution in [2.45, 2.75) is 58.5 Å². The van der Waals surface area contributed by atoms with Crippen molar-refractivity contribution in [1.29, 1.82) is 0 Å². The summed E-state index contributed by atoms with van der Waals surface area (Å²) in [6.45, 7) is 4.70. The lowest BCUT2D eigenvalue weighted by Crippen LogP contribution is -2.53. The predicted molar refractivity (Wildman–Crippen MR) is 60.5 cm³/mol. The van der Waals surface area contributed by atoms with Crippen molar-refractivity contribution < 1.29 is 10.2 Å². The van der Waals surface area contributed by atoms with Gasteiger partial charge in [0, 0.05) is 6.61 Å². The van der Waals surface area contributed by atoms with E-state index >= 15 is 0 Å². The molecule has 0 unspecified atom stereocenters. The largest absolute Gasteiger partial charge is 0.396 e. The summed E-state index contributed by atoms with van der Waals surface area (Å²) >= 11 is 0. The minimum Gasteiger partial charge on any atom is -0.396 e. The van der Waals surface area contributed by atoms with Crippen LogP contribution in [0.5, 0.6) is 0 Å². The Hall–Kier alpha value is -0.0800. The molecule has 88 valence electrons. The van der Waals surface area contributed by atoms with Crippen LogP contribution in [-0.2, 0) is 0 Å². The minimum atomic E-state index is -0.193. The first kappa shape index (κ1) is 11.4. The Balaban J connectivity index is 2.30. The van der Waals surface area contributed by atoms with Crippen LogP contribution in [0.25, 0.3) is 0 Å². The summed E-state index contributed by atoms with van der Waals surface area (Å²) in [7, 11) is 0. The molecule has 2 fully saturated rings. The standard InChI is InChI=1S/C13H24O2/c1-12-6-3-5-10(15)11(12)13(2,9-14)8-4-7-12/h10-11,14-15H,3-9H2,1-2H3/t10-,11-,12+,13-/m1/s1. The molecule has 2 aliphatic carbocycles. The lowest BCUT2D eigenvalue weighted by atomic mass is 9.50. The van der Waals surface area contributed by atoms with Gasteiger partial charge in [0.2, 0.25) is 0 Å². The van der Waals surface area contributed by atoms with Crippen LogP contribution in [0.2, 0.25) is 0 Å². The molecule has 0 heterocycles. The van der Waals surface area contributed by atoms with E-state index < -0.39 is 0 Å². The van der Waals surface area contributed by atoms with Gasteiger partial charge < -0.3 is 10.2 Å². The fourth-order valence-corrected chi connectivity index (χ4v) is 4.32. The van der Waals surface area contributed by atoms with Gasteiger partial charge in [0.15, 0.2) is 0 Å². The maximum Gasteiger partial charge on any atom is 0.0579 e. The van der Waals surface area contributed by atoms with E-state index in [0.29, 0.717) is 5.92 Å². The van der Waals surface area contributed by atoms with E-state index in [1.165, 1.54) is 19.3 Å². The molecule has 0 bridgehead atoms. The molecule has 0 spiro atoms. The topological polar surface area (TPSA) is 40.5 Å². The zero-order valence-electron chi connectivity index (χ0n) is 10.00. The third kappa shape index (κ3) is 1.72. The molecule has 2 N–H and O–H groups in total. The van der Waals surface area contributed by atoms with E-state index in [2.05, 4.69) is 13.8 Å². The average molecular weight is 212 g/mol. The number of aliphatic hydroxyl groups is 2. The van der Waals surface area contributed by atoms with Crippen molar-refractivity contribution in [3.8, 4) is 0 Å². The molecular weight excluding hydrogens is 188 g/mol. The second kappa shape index (κ2) is 3.74. The van der Waals surface area contributed by atoms with Crippen LogP contribution in [-0.4, -0.2) is 22.9 Å². The van der Waals surface area contributed by atoms with Gasteiger partial charge in [-0.3, -0.25) is 0 Å². The first-order valence-electron chi connectivity index (χ1n) is 6.31. The van der Waals surface area contributed by atoms with Gasteiger partial charge >= 0.3 is 0 Å². The highest BCUT2D eigenvalue weighted by molar-refractivity contribution is 5.02. The van der Waals surface area contributed by atoms with Crippen molar-refractivity contribution in [1.82, 2.24) is 0 Å². The third-order valence-corrected chi connectivity index (χ3v) is 4.99. The summed E-state index contributed by atoms with van der Waals surface area (Å²) in [6.07, 6.45) is 6.61. The first-order valence-corrected chi connectivity index (χ1v) is 6.31. The first-order chi connectivity index (χ1) is 7.02. The fourth-order valence-electron chi connectivity index (χ4n) is 4.32. The van der Waals surface area contributed by atoms with Crippen LogP contribution in [0.1, 0.15) is 52.4 Å². The number of hydrogen-bond donors (Lipinski definition) is 2. The lowest BCUT2D eigenvalue weighted by molar-refractivity contribution is -0.132. The summed E-state index contributed by atoms with van der Waals surface area (Å²) in [5, 5.41) is 19.8. The normalized spacial score (nSPS) is 51.2. The van der Waals surface area contributed by atoms with Crippen LogP contribution >= 0.6 is 0 Å². The predicted octanol–water partition coefficient (Wildman–Crippen LogP) is 2.34. The molecule has 2 aliphatic rings. The van der Waals surface area contributed by atoms with Gasteiger partial charge in [-0.1, -0.05) is 26.7 Å². The molecule has 2 saturated carbocycles. The molecule has 4 atom stereocenters. The van der Waals surface area contributed by atoms with Gasteiger partial charge in [-0.25, -0.2) is 0 Å². The molecule has 2 rings (SSSR count). The quantitative estimate of drug-likeness (QED) is 0.700. The Morgan fingerprint density at radius 2 is 1.80 bits per heavy atom. The summed E-state index contributed by atoms with van der Waals surface area (Å²) < 4.78 is 0. The Morgan fingerprint density at radius 1 is 1.13 bits per heavy atom. The highest BCUT2D eigenvalue weighted by Crippen LogP contribution is 2.57. The van der Waals surface area contributed by atoms with E-state index in [0.717, 1.165) is 19.3 Å². The molecule has 0 aromatic rings. The maximum atomic E-state index is 10.2. The van der Waals surface area contributed by atoms with E-state index in [9.17, 15) is 10.2 Å². The van der Waals surface area contributed by atoms with E-state index in [1.807, 2.05) is 0 Å². The van der Waals surface area contributed by atoms with Crippen LogP contribution in [0.15, 0.2) is 0 Å². The molecule has 0 aliphatic heterocycles. The van der Waals surface area contributed by atoms with Crippen molar-refractivity contribution >= 4 is 0 Å². The van der Waals surface area contributed by atoms with Gasteiger partial charge in [0.1, 0.15) is 0 Å². The second-order valence-corrected chi connectivity index (χ2v) is 6.26. The number of rotatable bonds is 1. The summed E-state index contributed by atoms with van der Waals surface area (Å²) in [4.78, 5) is 0. The van der Waals surface area contributed by atoms with Gasteiger partial charge in [0.05, 0.1) is 6.10 Å². The van der Waals surface area contributed by atoms with Crippen molar-refractivity contribution in [3.63, 3.8) is 0 Å². The van der Waals surface area contributed by atoms with Gasteiger partial charge in [0.25, 0.3) is 0 Å². The Labute approximate surface area is 92.7 Å². The molecule has 0 radical (unpaired) electrons. The number of aliphatic hydroxyl groups excluding tert-OH is 2.